The van der Waals surface area contributed by atoms with Crippen LogP contribution in [0.5, 0.6) is 5.75 Å². The van der Waals surface area contributed by atoms with E-state index in [4.69, 9.17) is 9.84 Å². The third-order valence-electron chi connectivity index (χ3n) is 3.16. The molecule has 0 spiro atoms. The summed E-state index contributed by atoms with van der Waals surface area (Å²) in [7, 11) is 1.55. The van der Waals surface area contributed by atoms with Crippen LogP contribution < -0.4 is 4.74 Å². The number of methoxy groups -OCH3 is 1. The molecular formula is C12H13BrO4. The summed E-state index contributed by atoms with van der Waals surface area (Å²) >= 11 is 3.34. The fourth-order valence-electron chi connectivity index (χ4n) is 2.12. The molecule has 0 saturated heterocycles. The smallest absolute Gasteiger partial charge is 0.306 e. The average Bonchev–Trinajstić information content (AvgIpc) is 2.23. The van der Waals surface area contributed by atoms with E-state index in [9.17, 15) is 9.90 Å². The zero-order valence-electron chi connectivity index (χ0n) is 9.31. The first kappa shape index (κ1) is 12.4. The molecule has 1 fully saturated rings. The SMILES string of the molecule is COc1cc(Br)cc(C2(O)CC(C(=O)O)C2)c1. The molecule has 0 radical (unpaired) electrons. The molecule has 1 aliphatic carbocycles. The third kappa shape index (κ3) is 2.30. The number of aliphatic carboxylic acids is 1. The lowest BCUT2D eigenvalue weighted by atomic mass is 9.67. The standard InChI is InChI=1S/C12H13BrO4/c1-17-10-3-8(2-9(13)4-10)12(16)5-7(6-12)11(14)15/h2-4,7,16H,5-6H2,1H3,(H,14,15). The molecule has 1 saturated carbocycles. The molecule has 0 aliphatic heterocycles. The normalized spacial score (nSPS) is 27.4. The van der Waals surface area contributed by atoms with Crippen LogP contribution in [0.2, 0.25) is 0 Å². The number of hydrogen-bond donors (Lipinski definition) is 2. The fourth-order valence-corrected chi connectivity index (χ4v) is 2.59. The van der Waals surface area contributed by atoms with Crippen LogP contribution in [0, 0.1) is 5.92 Å². The highest BCUT2D eigenvalue weighted by atomic mass is 79.9. The lowest BCUT2D eigenvalue weighted by Gasteiger charge is -2.42. The number of carbonyl (C=O) groups is 1. The van der Waals surface area contributed by atoms with E-state index in [2.05, 4.69) is 15.9 Å². The van der Waals surface area contributed by atoms with Crippen molar-refractivity contribution < 1.29 is 19.7 Å². The van der Waals surface area contributed by atoms with Gasteiger partial charge in [0.25, 0.3) is 0 Å². The van der Waals surface area contributed by atoms with Crippen molar-refractivity contribution in [2.75, 3.05) is 7.11 Å². The molecule has 1 aromatic carbocycles. The zero-order valence-corrected chi connectivity index (χ0v) is 10.9. The molecule has 0 aromatic heterocycles. The van der Waals surface area contributed by atoms with E-state index in [1.54, 1.807) is 25.3 Å². The molecule has 4 nitrogen and oxygen atoms in total. The van der Waals surface area contributed by atoms with Crippen LogP contribution in [0.3, 0.4) is 0 Å². The summed E-state index contributed by atoms with van der Waals surface area (Å²) in [6.45, 7) is 0. The van der Waals surface area contributed by atoms with Gasteiger partial charge in [-0.25, -0.2) is 0 Å². The van der Waals surface area contributed by atoms with E-state index in [0.29, 0.717) is 11.3 Å². The zero-order chi connectivity index (χ0) is 12.6. The maximum Gasteiger partial charge on any atom is 0.306 e. The molecule has 1 aromatic rings. The summed E-state index contributed by atoms with van der Waals surface area (Å²) in [6.07, 6.45) is 0.504. The number of aliphatic hydroxyl groups is 1. The Morgan fingerprint density at radius 2 is 2.12 bits per heavy atom. The minimum atomic E-state index is -1.04. The van der Waals surface area contributed by atoms with Crippen molar-refractivity contribution in [3.05, 3.63) is 28.2 Å². The number of carboxylic acids is 1. The van der Waals surface area contributed by atoms with Gasteiger partial charge < -0.3 is 14.9 Å². The van der Waals surface area contributed by atoms with Crippen molar-refractivity contribution in [3.63, 3.8) is 0 Å². The minimum absolute atomic E-state index is 0.252. The molecule has 0 unspecified atom stereocenters. The molecule has 0 amide bonds. The van der Waals surface area contributed by atoms with Gasteiger partial charge in [0.2, 0.25) is 0 Å². The van der Waals surface area contributed by atoms with Gasteiger partial charge in [0, 0.05) is 4.47 Å². The highest BCUT2D eigenvalue weighted by Gasteiger charge is 2.47. The van der Waals surface area contributed by atoms with E-state index < -0.39 is 17.5 Å². The predicted octanol–water partition coefficient (Wildman–Crippen LogP) is 2.14. The van der Waals surface area contributed by atoms with E-state index in [1.807, 2.05) is 0 Å². The van der Waals surface area contributed by atoms with Crippen LogP contribution in [0.4, 0.5) is 0 Å². The van der Waals surface area contributed by atoms with Gasteiger partial charge in [-0.1, -0.05) is 15.9 Å². The van der Waals surface area contributed by atoms with E-state index >= 15 is 0 Å². The van der Waals surface area contributed by atoms with Crippen molar-refractivity contribution in [1.82, 2.24) is 0 Å². The maximum atomic E-state index is 10.7. The second kappa shape index (κ2) is 4.31. The van der Waals surface area contributed by atoms with Gasteiger partial charge in [-0.3, -0.25) is 4.79 Å². The van der Waals surface area contributed by atoms with Crippen molar-refractivity contribution in [1.29, 1.82) is 0 Å². The largest absolute Gasteiger partial charge is 0.497 e. The average molecular weight is 301 g/mol. The molecule has 2 N–H and O–H groups in total. The first-order chi connectivity index (χ1) is 7.94. The summed E-state index contributed by atoms with van der Waals surface area (Å²) in [4.78, 5) is 10.7. The van der Waals surface area contributed by atoms with Gasteiger partial charge in [-0.15, -0.1) is 0 Å². The van der Waals surface area contributed by atoms with Crippen LogP contribution in [-0.4, -0.2) is 23.3 Å². The summed E-state index contributed by atoms with van der Waals surface area (Å²) in [6, 6.07) is 5.32. The fraction of sp³-hybridized carbons (Fsp3) is 0.417. The Hall–Kier alpha value is -1.07. The van der Waals surface area contributed by atoms with E-state index in [0.717, 1.165) is 4.47 Å². The molecule has 17 heavy (non-hydrogen) atoms. The Morgan fingerprint density at radius 3 is 2.65 bits per heavy atom. The number of halogens is 1. The van der Waals surface area contributed by atoms with Crippen LogP contribution in [0.15, 0.2) is 22.7 Å². The molecule has 2 rings (SSSR count). The van der Waals surface area contributed by atoms with Crippen LogP contribution in [0.1, 0.15) is 18.4 Å². The Bertz CT molecular complexity index is 452. The van der Waals surface area contributed by atoms with Crippen LogP contribution in [0.25, 0.3) is 0 Å². The summed E-state index contributed by atoms with van der Waals surface area (Å²) in [5, 5.41) is 19.1. The summed E-state index contributed by atoms with van der Waals surface area (Å²) in [5.74, 6) is -0.664. The van der Waals surface area contributed by atoms with Crippen LogP contribution in [-0.2, 0) is 10.4 Å². The van der Waals surface area contributed by atoms with Gasteiger partial charge in [0.1, 0.15) is 5.75 Å². The van der Waals surface area contributed by atoms with Gasteiger partial charge in [-0.2, -0.15) is 0 Å². The topological polar surface area (TPSA) is 66.8 Å². The summed E-state index contributed by atoms with van der Waals surface area (Å²) < 4.78 is 5.92. The Balaban J connectivity index is 2.24. The predicted molar refractivity (Wildman–Crippen MR) is 65.0 cm³/mol. The Kier molecular flexibility index (Phi) is 3.14. The first-order valence-corrected chi connectivity index (χ1v) is 6.04. The highest BCUT2D eigenvalue weighted by Crippen LogP contribution is 2.46. The number of hydrogen-bond acceptors (Lipinski definition) is 3. The monoisotopic (exact) mass is 300 g/mol. The molecule has 0 bridgehead atoms. The van der Waals surface area contributed by atoms with Crippen LogP contribution >= 0.6 is 15.9 Å². The second-order valence-corrected chi connectivity index (χ2v) is 5.27. The van der Waals surface area contributed by atoms with Crippen molar-refractivity contribution in [2.24, 2.45) is 5.92 Å². The minimum Gasteiger partial charge on any atom is -0.497 e. The van der Waals surface area contributed by atoms with Crippen molar-refractivity contribution in [3.8, 4) is 5.75 Å². The lowest BCUT2D eigenvalue weighted by Crippen LogP contribution is -2.44. The summed E-state index contributed by atoms with van der Waals surface area (Å²) in [5.41, 5.74) is -0.346. The number of carboxylic acid groups (broad SMARTS) is 1. The Labute approximate surface area is 107 Å². The number of rotatable bonds is 3. The Morgan fingerprint density at radius 1 is 1.47 bits per heavy atom. The number of benzene rings is 1. The van der Waals surface area contributed by atoms with E-state index in [-0.39, 0.29) is 12.8 Å². The quantitative estimate of drug-likeness (QED) is 0.897. The number of ether oxygens (including phenoxy) is 1. The maximum absolute atomic E-state index is 10.7. The molecule has 0 atom stereocenters. The van der Waals surface area contributed by atoms with Crippen molar-refractivity contribution in [2.45, 2.75) is 18.4 Å². The molecule has 1 aliphatic rings. The van der Waals surface area contributed by atoms with Gasteiger partial charge in [-0.05, 0) is 36.6 Å². The van der Waals surface area contributed by atoms with Gasteiger partial charge >= 0.3 is 5.97 Å². The van der Waals surface area contributed by atoms with Gasteiger partial charge in [0.15, 0.2) is 0 Å². The second-order valence-electron chi connectivity index (χ2n) is 4.35. The third-order valence-corrected chi connectivity index (χ3v) is 3.62. The highest BCUT2D eigenvalue weighted by molar-refractivity contribution is 9.10. The van der Waals surface area contributed by atoms with E-state index in [1.165, 1.54) is 0 Å². The first-order valence-electron chi connectivity index (χ1n) is 5.25. The molecular weight excluding hydrogens is 288 g/mol. The molecule has 0 heterocycles. The molecule has 5 heteroatoms. The van der Waals surface area contributed by atoms with Crippen molar-refractivity contribution >= 4 is 21.9 Å². The van der Waals surface area contributed by atoms with Gasteiger partial charge in [0.05, 0.1) is 18.6 Å². The molecule has 92 valence electrons. The lowest BCUT2D eigenvalue weighted by molar-refractivity contribution is -0.159.